The second-order valence-corrected chi connectivity index (χ2v) is 5.35. The molecule has 2 aromatic carbocycles. The summed E-state index contributed by atoms with van der Waals surface area (Å²) in [4.78, 5) is 17.7. The lowest BCUT2D eigenvalue weighted by atomic mass is 10.2. The molecule has 7 heteroatoms. The maximum absolute atomic E-state index is 13.5. The largest absolute Gasteiger partial charge is 0.481 e. The summed E-state index contributed by atoms with van der Waals surface area (Å²) in [6, 6.07) is 15.3. The van der Waals surface area contributed by atoms with Crippen LogP contribution < -0.4 is 4.74 Å². The smallest absolute Gasteiger partial charge is 0.260 e. The minimum absolute atomic E-state index is 0.0356. The summed E-state index contributed by atoms with van der Waals surface area (Å²) in [5.41, 5.74) is 0.828. The Bertz CT molecular complexity index is 852. The maximum atomic E-state index is 13.5. The third-order valence-electron chi connectivity index (χ3n) is 3.49. The van der Waals surface area contributed by atoms with E-state index in [0.717, 1.165) is 5.56 Å². The number of carbonyl (C=O) groups is 1. The van der Waals surface area contributed by atoms with E-state index in [9.17, 15) is 9.18 Å². The number of amides is 1. The molecule has 3 aromatic rings. The Kier molecular flexibility index (Phi) is 5.03. The Morgan fingerprint density at radius 2 is 1.88 bits per heavy atom. The Hall–Kier alpha value is -3.22. The molecule has 0 spiro atoms. The van der Waals surface area contributed by atoms with Crippen LogP contribution in [-0.4, -0.2) is 34.6 Å². The summed E-state index contributed by atoms with van der Waals surface area (Å²) in [7, 11) is 1.58. The minimum atomic E-state index is -0.512. The third-order valence-corrected chi connectivity index (χ3v) is 3.49. The molecule has 3 rings (SSSR count). The molecule has 25 heavy (non-hydrogen) atoms. The molecule has 1 heterocycles. The van der Waals surface area contributed by atoms with E-state index in [-0.39, 0.29) is 24.8 Å². The van der Waals surface area contributed by atoms with Crippen molar-refractivity contribution in [1.29, 1.82) is 0 Å². The van der Waals surface area contributed by atoms with Gasteiger partial charge in [0.25, 0.3) is 5.91 Å². The first-order valence-corrected chi connectivity index (χ1v) is 7.63. The number of hydrogen-bond acceptors (Lipinski definition) is 5. The van der Waals surface area contributed by atoms with Gasteiger partial charge in [-0.25, -0.2) is 4.39 Å². The molecule has 0 saturated heterocycles. The van der Waals surface area contributed by atoms with Crippen LogP contribution in [0.2, 0.25) is 0 Å². The fourth-order valence-corrected chi connectivity index (χ4v) is 2.13. The van der Waals surface area contributed by atoms with Crippen molar-refractivity contribution in [1.82, 2.24) is 15.0 Å². The monoisotopic (exact) mass is 341 g/mol. The molecule has 6 nitrogen and oxygen atoms in total. The molecule has 0 aliphatic heterocycles. The number of rotatable bonds is 6. The fourth-order valence-electron chi connectivity index (χ4n) is 2.13. The van der Waals surface area contributed by atoms with Gasteiger partial charge in [-0.15, -0.1) is 0 Å². The molecular formula is C18H16FN3O3. The zero-order valence-corrected chi connectivity index (χ0v) is 13.6. The predicted molar refractivity (Wildman–Crippen MR) is 88.1 cm³/mol. The molecule has 0 aliphatic carbocycles. The van der Waals surface area contributed by atoms with E-state index in [1.807, 2.05) is 30.3 Å². The average molecular weight is 341 g/mol. The van der Waals surface area contributed by atoms with Crippen molar-refractivity contribution in [2.24, 2.45) is 0 Å². The van der Waals surface area contributed by atoms with Gasteiger partial charge in [-0.05, 0) is 12.1 Å². The highest BCUT2D eigenvalue weighted by Crippen LogP contribution is 2.16. The van der Waals surface area contributed by atoms with Gasteiger partial charge in [0.15, 0.2) is 18.2 Å². The first-order chi connectivity index (χ1) is 12.1. The van der Waals surface area contributed by atoms with Crippen LogP contribution >= 0.6 is 0 Å². The molecule has 128 valence electrons. The lowest BCUT2D eigenvalue weighted by Gasteiger charge is -2.15. The van der Waals surface area contributed by atoms with Gasteiger partial charge in [0.1, 0.15) is 0 Å². The molecule has 0 atom stereocenters. The summed E-state index contributed by atoms with van der Waals surface area (Å²) >= 11 is 0. The number of benzene rings is 2. The van der Waals surface area contributed by atoms with Crippen molar-refractivity contribution >= 4 is 5.91 Å². The third kappa shape index (κ3) is 4.20. The summed E-state index contributed by atoms with van der Waals surface area (Å²) in [6.45, 7) is -0.142. The van der Waals surface area contributed by atoms with Crippen LogP contribution in [0.25, 0.3) is 11.4 Å². The number of aromatic nitrogens is 2. The van der Waals surface area contributed by atoms with Gasteiger partial charge in [0, 0.05) is 12.6 Å². The Balaban J connectivity index is 1.57. The normalized spacial score (nSPS) is 10.5. The second kappa shape index (κ2) is 7.57. The van der Waals surface area contributed by atoms with Gasteiger partial charge in [-0.1, -0.05) is 47.6 Å². The first-order valence-electron chi connectivity index (χ1n) is 7.63. The van der Waals surface area contributed by atoms with Crippen molar-refractivity contribution in [2.45, 2.75) is 6.54 Å². The molecule has 1 amide bonds. The molecule has 0 bridgehead atoms. The molecule has 0 saturated carbocycles. The highest BCUT2D eigenvalue weighted by molar-refractivity contribution is 5.77. The van der Waals surface area contributed by atoms with Crippen molar-refractivity contribution < 1.29 is 18.4 Å². The molecule has 1 aromatic heterocycles. The van der Waals surface area contributed by atoms with Gasteiger partial charge in [-0.3, -0.25) is 4.79 Å². The first kappa shape index (κ1) is 16.6. The van der Waals surface area contributed by atoms with Crippen LogP contribution in [0.3, 0.4) is 0 Å². The number of ether oxygens (including phenoxy) is 1. The van der Waals surface area contributed by atoms with Crippen LogP contribution in [0.1, 0.15) is 5.89 Å². The number of para-hydroxylation sites is 1. The number of likely N-dealkylation sites (N-methyl/N-ethyl adjacent to an activating group) is 1. The quantitative estimate of drug-likeness (QED) is 0.689. The minimum Gasteiger partial charge on any atom is -0.481 e. The van der Waals surface area contributed by atoms with Gasteiger partial charge < -0.3 is 14.2 Å². The Morgan fingerprint density at radius 1 is 1.16 bits per heavy atom. The summed E-state index contributed by atoms with van der Waals surface area (Å²) in [5, 5.41) is 3.90. The van der Waals surface area contributed by atoms with E-state index in [2.05, 4.69) is 10.1 Å². The Morgan fingerprint density at radius 3 is 2.64 bits per heavy atom. The van der Waals surface area contributed by atoms with E-state index in [1.54, 1.807) is 19.2 Å². The SMILES string of the molecule is CN(Cc1nc(-c2ccccc2)no1)C(=O)COc1ccccc1F. The standard InChI is InChI=1S/C18H16FN3O3/c1-22(17(23)12-24-15-10-6-5-9-14(15)19)11-16-20-18(21-25-16)13-7-3-2-4-8-13/h2-10H,11-12H2,1H3. The lowest BCUT2D eigenvalue weighted by Crippen LogP contribution is -2.31. The van der Waals surface area contributed by atoms with E-state index >= 15 is 0 Å². The van der Waals surface area contributed by atoms with Crippen molar-refractivity contribution in [3.05, 3.63) is 66.3 Å². The van der Waals surface area contributed by atoms with Gasteiger partial charge in [0.2, 0.25) is 11.7 Å². The second-order valence-electron chi connectivity index (χ2n) is 5.35. The lowest BCUT2D eigenvalue weighted by molar-refractivity contribution is -0.132. The van der Waals surface area contributed by atoms with Crippen molar-refractivity contribution in [2.75, 3.05) is 13.7 Å². The topological polar surface area (TPSA) is 68.5 Å². The molecule has 0 radical (unpaired) electrons. The number of nitrogens with zero attached hydrogens (tertiary/aromatic N) is 3. The van der Waals surface area contributed by atoms with Crippen molar-refractivity contribution in [3.63, 3.8) is 0 Å². The van der Waals surface area contributed by atoms with Crippen LogP contribution in [-0.2, 0) is 11.3 Å². The van der Waals surface area contributed by atoms with E-state index in [0.29, 0.717) is 11.7 Å². The molecular weight excluding hydrogens is 325 g/mol. The van der Waals surface area contributed by atoms with Crippen LogP contribution in [0.4, 0.5) is 4.39 Å². The van der Waals surface area contributed by atoms with Crippen LogP contribution in [0.5, 0.6) is 5.75 Å². The number of hydrogen-bond donors (Lipinski definition) is 0. The summed E-state index contributed by atoms with van der Waals surface area (Å²) in [5.74, 6) is -0.0434. The van der Waals surface area contributed by atoms with Gasteiger partial charge in [-0.2, -0.15) is 4.98 Å². The molecule has 0 N–H and O–H groups in total. The zero-order chi connectivity index (χ0) is 17.6. The summed E-state index contributed by atoms with van der Waals surface area (Å²) in [6.07, 6.45) is 0. The van der Waals surface area contributed by atoms with E-state index in [1.165, 1.54) is 17.0 Å². The van der Waals surface area contributed by atoms with Crippen molar-refractivity contribution in [3.8, 4) is 17.1 Å². The molecule has 0 unspecified atom stereocenters. The van der Waals surface area contributed by atoms with E-state index in [4.69, 9.17) is 9.26 Å². The van der Waals surface area contributed by atoms with Gasteiger partial charge in [0.05, 0.1) is 6.54 Å². The van der Waals surface area contributed by atoms with Crippen LogP contribution in [0, 0.1) is 5.82 Å². The van der Waals surface area contributed by atoms with Gasteiger partial charge >= 0.3 is 0 Å². The number of halogens is 1. The Labute approximate surface area is 143 Å². The van der Waals surface area contributed by atoms with Crippen LogP contribution in [0.15, 0.2) is 59.1 Å². The highest BCUT2D eigenvalue weighted by Gasteiger charge is 2.15. The average Bonchev–Trinajstić information content (AvgIpc) is 3.10. The molecule has 0 aliphatic rings. The fraction of sp³-hybridized carbons (Fsp3) is 0.167. The number of carbonyl (C=O) groups excluding carboxylic acids is 1. The maximum Gasteiger partial charge on any atom is 0.260 e. The summed E-state index contributed by atoms with van der Waals surface area (Å²) < 4.78 is 23.8. The predicted octanol–water partition coefficient (Wildman–Crippen LogP) is 2.91. The molecule has 0 fully saturated rings. The van der Waals surface area contributed by atoms with E-state index < -0.39 is 5.82 Å². The zero-order valence-electron chi connectivity index (χ0n) is 13.6. The highest BCUT2D eigenvalue weighted by atomic mass is 19.1.